The Balaban J connectivity index is 0.00000171. The van der Waals surface area contributed by atoms with Gasteiger partial charge in [0.15, 0.2) is 10.9 Å². The minimum absolute atomic E-state index is 0. The van der Waals surface area contributed by atoms with Gasteiger partial charge in [-0.05, 0) is 38.0 Å². The van der Waals surface area contributed by atoms with Crippen LogP contribution in [-0.4, -0.2) is 44.3 Å². The zero-order valence-corrected chi connectivity index (χ0v) is 23.2. The SMILES string of the molecule is Cc1c(OC2CCC3(CC2)OCC(C)(C)CO3)ccnc1CS(=O)c1nc2ccccc2[nH]1.[H-].[Na+]. The molecule has 2 fully saturated rings. The van der Waals surface area contributed by atoms with E-state index in [9.17, 15) is 4.21 Å². The quantitative estimate of drug-likeness (QED) is 0.546. The minimum Gasteiger partial charge on any atom is -1.00 e. The average Bonchev–Trinajstić information content (AvgIpc) is 3.25. The Labute approximate surface area is 226 Å². The Hall–Kier alpha value is -1.29. The van der Waals surface area contributed by atoms with Gasteiger partial charge in [-0.1, -0.05) is 26.0 Å². The van der Waals surface area contributed by atoms with Crippen LogP contribution >= 0.6 is 0 Å². The van der Waals surface area contributed by atoms with Gasteiger partial charge in [-0.3, -0.25) is 9.19 Å². The zero-order chi connectivity index (χ0) is 23.1. The van der Waals surface area contributed by atoms with Gasteiger partial charge in [0.2, 0.25) is 0 Å². The van der Waals surface area contributed by atoms with Gasteiger partial charge in [0.1, 0.15) is 5.75 Å². The van der Waals surface area contributed by atoms with Crippen LogP contribution in [0.5, 0.6) is 5.75 Å². The number of hydrogen-bond donors (Lipinski definition) is 1. The fraction of sp³-hybridized carbons (Fsp3) is 0.520. The van der Waals surface area contributed by atoms with Crippen molar-refractivity contribution in [1.82, 2.24) is 15.0 Å². The number of fused-ring (bicyclic) bond motifs is 1. The number of nitrogens with one attached hydrogen (secondary N) is 1. The number of aromatic nitrogens is 3. The molecule has 0 amide bonds. The van der Waals surface area contributed by atoms with E-state index >= 15 is 0 Å². The molecule has 1 spiro atoms. The van der Waals surface area contributed by atoms with E-state index in [1.54, 1.807) is 6.20 Å². The third-order valence-electron chi connectivity index (χ3n) is 6.55. The molecule has 1 aliphatic carbocycles. The van der Waals surface area contributed by atoms with E-state index in [1.807, 2.05) is 37.3 Å². The van der Waals surface area contributed by atoms with Crippen molar-refractivity contribution in [1.29, 1.82) is 0 Å². The smallest absolute Gasteiger partial charge is 1.00 e. The van der Waals surface area contributed by atoms with E-state index in [0.717, 1.165) is 66.9 Å². The van der Waals surface area contributed by atoms with Gasteiger partial charge in [0.05, 0.1) is 52.6 Å². The van der Waals surface area contributed by atoms with Crippen LogP contribution in [-0.2, 0) is 26.0 Å². The molecule has 3 aromatic rings. The van der Waals surface area contributed by atoms with Gasteiger partial charge in [-0.15, -0.1) is 0 Å². The van der Waals surface area contributed by atoms with Crippen molar-refractivity contribution in [3.63, 3.8) is 0 Å². The number of rotatable bonds is 5. The molecule has 1 N–H and O–H groups in total. The number of hydrogen-bond acceptors (Lipinski definition) is 6. The van der Waals surface area contributed by atoms with Gasteiger partial charge in [0, 0.05) is 30.0 Å². The number of pyridine rings is 1. The fourth-order valence-corrected chi connectivity index (χ4v) is 5.52. The summed E-state index contributed by atoms with van der Waals surface area (Å²) in [5.41, 5.74) is 3.46. The van der Waals surface area contributed by atoms with Crippen LogP contribution in [0.3, 0.4) is 0 Å². The maximum Gasteiger partial charge on any atom is 1.00 e. The molecule has 3 heterocycles. The number of nitrogens with zero attached hydrogens (tertiary/aromatic N) is 2. The summed E-state index contributed by atoms with van der Waals surface area (Å²) in [6.07, 6.45) is 5.26. The molecule has 5 rings (SSSR count). The Morgan fingerprint density at radius 2 is 1.88 bits per heavy atom. The van der Waals surface area contributed by atoms with Crippen molar-refractivity contribution in [2.45, 2.75) is 69.3 Å². The van der Waals surface area contributed by atoms with Crippen LogP contribution in [0.4, 0.5) is 0 Å². The van der Waals surface area contributed by atoms with E-state index in [-0.39, 0.29) is 48.3 Å². The first-order valence-corrected chi connectivity index (χ1v) is 12.9. The van der Waals surface area contributed by atoms with E-state index in [1.165, 1.54) is 0 Å². The molecule has 178 valence electrons. The summed E-state index contributed by atoms with van der Waals surface area (Å²) in [7, 11) is -1.32. The second-order valence-corrected chi connectivity index (χ2v) is 11.3. The Morgan fingerprint density at radius 3 is 2.59 bits per heavy atom. The van der Waals surface area contributed by atoms with Gasteiger partial charge in [0.25, 0.3) is 0 Å². The summed E-state index contributed by atoms with van der Waals surface area (Å²) in [5.74, 6) is 0.639. The van der Waals surface area contributed by atoms with Crippen molar-refractivity contribution in [3.05, 3.63) is 47.8 Å². The molecular formula is C25H32N3NaO4S. The number of aromatic amines is 1. The zero-order valence-electron chi connectivity index (χ0n) is 21.4. The predicted molar refractivity (Wildman–Crippen MR) is 128 cm³/mol. The van der Waals surface area contributed by atoms with Crippen molar-refractivity contribution in [3.8, 4) is 5.75 Å². The molecule has 1 aliphatic heterocycles. The summed E-state index contributed by atoms with van der Waals surface area (Å²) < 4.78 is 31.6. The van der Waals surface area contributed by atoms with Crippen molar-refractivity contribution < 1.29 is 49.4 Å². The molecule has 1 atom stereocenters. The second-order valence-electron chi connectivity index (χ2n) is 9.90. The molecule has 2 aromatic heterocycles. The predicted octanol–water partition coefficient (Wildman–Crippen LogP) is 1.78. The van der Waals surface area contributed by atoms with Crippen LogP contribution in [0.2, 0.25) is 0 Å². The van der Waals surface area contributed by atoms with Crippen molar-refractivity contribution in [2.75, 3.05) is 13.2 Å². The van der Waals surface area contributed by atoms with Gasteiger partial charge >= 0.3 is 29.6 Å². The number of H-pyrrole nitrogens is 1. The molecule has 34 heavy (non-hydrogen) atoms. The summed E-state index contributed by atoms with van der Waals surface area (Å²) in [5, 5.41) is 0.469. The molecule has 0 radical (unpaired) electrons. The van der Waals surface area contributed by atoms with Crippen molar-refractivity contribution in [2.24, 2.45) is 5.41 Å². The Bertz CT molecular complexity index is 1140. The van der Waals surface area contributed by atoms with E-state index in [2.05, 4.69) is 28.8 Å². The molecule has 1 saturated heterocycles. The molecule has 1 saturated carbocycles. The molecule has 2 aliphatic rings. The number of benzene rings is 1. The second kappa shape index (κ2) is 10.4. The van der Waals surface area contributed by atoms with Crippen LogP contribution < -0.4 is 34.3 Å². The van der Waals surface area contributed by atoms with E-state index < -0.39 is 16.6 Å². The molecular weight excluding hydrogens is 461 g/mol. The van der Waals surface area contributed by atoms with Gasteiger partial charge < -0.3 is 20.6 Å². The maximum atomic E-state index is 13.0. The Morgan fingerprint density at radius 1 is 1.18 bits per heavy atom. The maximum absolute atomic E-state index is 13.0. The third kappa shape index (κ3) is 5.58. The van der Waals surface area contributed by atoms with Gasteiger partial charge in [-0.2, -0.15) is 0 Å². The summed E-state index contributed by atoms with van der Waals surface area (Å²) in [6.45, 7) is 7.77. The number of imidazole rings is 1. The third-order valence-corrected chi connectivity index (χ3v) is 7.71. The first-order chi connectivity index (χ1) is 15.8. The normalized spacial score (nSPS) is 20.7. The van der Waals surface area contributed by atoms with Crippen LogP contribution in [0.15, 0.2) is 41.7 Å². The minimum atomic E-state index is -1.32. The summed E-state index contributed by atoms with van der Waals surface area (Å²) in [4.78, 5) is 12.1. The first kappa shape index (κ1) is 25.8. The average molecular weight is 494 g/mol. The monoisotopic (exact) mass is 493 g/mol. The van der Waals surface area contributed by atoms with Crippen LogP contribution in [0.1, 0.15) is 52.2 Å². The summed E-state index contributed by atoms with van der Waals surface area (Å²) >= 11 is 0. The largest absolute Gasteiger partial charge is 1.00 e. The Kier molecular flexibility index (Phi) is 7.86. The van der Waals surface area contributed by atoms with Crippen LogP contribution in [0.25, 0.3) is 11.0 Å². The fourth-order valence-electron chi connectivity index (χ4n) is 4.42. The van der Waals surface area contributed by atoms with Crippen LogP contribution in [0, 0.1) is 12.3 Å². The number of para-hydroxylation sites is 2. The van der Waals surface area contributed by atoms with E-state index in [4.69, 9.17) is 14.2 Å². The molecule has 7 nitrogen and oxygen atoms in total. The molecule has 1 unspecified atom stereocenters. The molecule has 9 heteroatoms. The topological polar surface area (TPSA) is 86.3 Å². The van der Waals surface area contributed by atoms with Crippen molar-refractivity contribution >= 4 is 21.8 Å². The number of ether oxygens (including phenoxy) is 3. The standard InChI is InChI=1S/C25H31N3O4S.Na.H/c1-17-21(14-33(29)23-27-19-6-4-5-7-20(19)28-23)26-13-10-22(17)32-18-8-11-25(12-9-18)30-15-24(2,3)16-31-25;;/h4-7,10,13,18H,8-9,11-12,14-16H2,1-3H3,(H,27,28);;/q;+1;-1. The van der Waals surface area contributed by atoms with E-state index in [0.29, 0.717) is 5.16 Å². The molecule has 1 aromatic carbocycles. The molecule has 0 bridgehead atoms. The first-order valence-electron chi connectivity index (χ1n) is 11.5. The van der Waals surface area contributed by atoms with Gasteiger partial charge in [-0.25, -0.2) is 4.98 Å². The summed E-state index contributed by atoms with van der Waals surface area (Å²) in [6, 6.07) is 9.58.